The maximum absolute atomic E-state index is 11.8. The minimum atomic E-state index is 0.334. The van der Waals surface area contributed by atoms with Crippen LogP contribution in [0.4, 0.5) is 0 Å². The number of carbonyl (C=O) groups is 1. The summed E-state index contributed by atoms with van der Waals surface area (Å²) in [6.45, 7) is 0.889. The van der Waals surface area contributed by atoms with Gasteiger partial charge in [0, 0.05) is 24.8 Å². The standard InChI is InChI=1S/C10H18BrNO/c1-12(8-4-7-11)10(13)9-5-2-3-6-9/h9H,2-8H2,1H3. The molecule has 1 rings (SSSR count). The molecule has 0 aromatic heterocycles. The molecular weight excluding hydrogens is 230 g/mol. The predicted molar refractivity (Wildman–Crippen MR) is 58.0 cm³/mol. The van der Waals surface area contributed by atoms with Crippen LogP contribution in [-0.2, 0) is 4.79 Å². The molecule has 1 fully saturated rings. The highest BCUT2D eigenvalue weighted by atomic mass is 79.9. The van der Waals surface area contributed by atoms with Gasteiger partial charge >= 0.3 is 0 Å². The van der Waals surface area contributed by atoms with E-state index >= 15 is 0 Å². The Bertz CT molecular complexity index is 166. The predicted octanol–water partition coefficient (Wildman–Crippen LogP) is 2.42. The summed E-state index contributed by atoms with van der Waals surface area (Å²) in [6, 6.07) is 0. The minimum Gasteiger partial charge on any atom is -0.345 e. The number of alkyl halides is 1. The van der Waals surface area contributed by atoms with Crippen molar-refractivity contribution in [3.05, 3.63) is 0 Å². The van der Waals surface area contributed by atoms with Gasteiger partial charge in [-0.1, -0.05) is 28.8 Å². The molecule has 3 heteroatoms. The van der Waals surface area contributed by atoms with Crippen LogP contribution in [0.3, 0.4) is 0 Å². The molecule has 0 N–H and O–H groups in total. The lowest BCUT2D eigenvalue weighted by Gasteiger charge is -2.20. The average Bonchev–Trinajstić information content (AvgIpc) is 2.65. The van der Waals surface area contributed by atoms with E-state index in [0.29, 0.717) is 11.8 Å². The van der Waals surface area contributed by atoms with Gasteiger partial charge in [-0.25, -0.2) is 0 Å². The van der Waals surface area contributed by atoms with Gasteiger partial charge in [0.05, 0.1) is 0 Å². The summed E-state index contributed by atoms with van der Waals surface area (Å²) < 4.78 is 0. The molecule has 0 atom stereocenters. The summed E-state index contributed by atoms with van der Waals surface area (Å²) in [5.41, 5.74) is 0. The fourth-order valence-electron chi connectivity index (χ4n) is 1.89. The molecule has 1 saturated carbocycles. The zero-order valence-electron chi connectivity index (χ0n) is 8.26. The van der Waals surface area contributed by atoms with Crippen LogP contribution in [0.1, 0.15) is 32.1 Å². The molecular formula is C10H18BrNO. The van der Waals surface area contributed by atoms with Crippen LogP contribution in [0, 0.1) is 5.92 Å². The Hall–Kier alpha value is -0.0500. The van der Waals surface area contributed by atoms with E-state index in [4.69, 9.17) is 0 Å². The topological polar surface area (TPSA) is 20.3 Å². The fraction of sp³-hybridized carbons (Fsp3) is 0.900. The molecule has 0 heterocycles. The van der Waals surface area contributed by atoms with E-state index in [1.165, 1.54) is 12.8 Å². The van der Waals surface area contributed by atoms with Gasteiger partial charge in [0.15, 0.2) is 0 Å². The van der Waals surface area contributed by atoms with Crippen molar-refractivity contribution in [2.75, 3.05) is 18.9 Å². The summed E-state index contributed by atoms with van der Waals surface area (Å²) >= 11 is 3.37. The number of carbonyl (C=O) groups excluding carboxylic acids is 1. The van der Waals surface area contributed by atoms with Crippen LogP contribution in [0.2, 0.25) is 0 Å². The minimum absolute atomic E-state index is 0.334. The van der Waals surface area contributed by atoms with E-state index in [9.17, 15) is 4.79 Å². The largest absolute Gasteiger partial charge is 0.345 e. The number of halogens is 1. The summed E-state index contributed by atoms with van der Waals surface area (Å²) in [5, 5.41) is 0.981. The lowest BCUT2D eigenvalue weighted by atomic mass is 10.1. The molecule has 0 aromatic rings. The molecule has 2 nitrogen and oxygen atoms in total. The van der Waals surface area contributed by atoms with Gasteiger partial charge in [-0.3, -0.25) is 4.79 Å². The van der Waals surface area contributed by atoms with E-state index < -0.39 is 0 Å². The third-order valence-electron chi connectivity index (χ3n) is 2.71. The van der Waals surface area contributed by atoms with Crippen molar-refractivity contribution in [2.24, 2.45) is 5.92 Å². The summed E-state index contributed by atoms with van der Waals surface area (Å²) in [5.74, 6) is 0.693. The molecule has 0 saturated heterocycles. The van der Waals surface area contributed by atoms with Gasteiger partial charge in [-0.15, -0.1) is 0 Å². The lowest BCUT2D eigenvalue weighted by molar-refractivity contribution is -0.133. The first kappa shape index (κ1) is 11.0. The second kappa shape index (κ2) is 5.63. The van der Waals surface area contributed by atoms with Crippen molar-refractivity contribution in [3.63, 3.8) is 0 Å². The molecule has 76 valence electrons. The van der Waals surface area contributed by atoms with E-state index in [1.807, 2.05) is 11.9 Å². The second-order valence-corrected chi connectivity index (χ2v) is 4.58. The first-order chi connectivity index (χ1) is 6.25. The first-order valence-corrected chi connectivity index (χ1v) is 6.19. The monoisotopic (exact) mass is 247 g/mol. The molecule has 1 aliphatic carbocycles. The van der Waals surface area contributed by atoms with Crippen LogP contribution < -0.4 is 0 Å². The Kier molecular flexibility index (Phi) is 4.78. The summed E-state index contributed by atoms with van der Waals surface area (Å²) in [7, 11) is 1.92. The molecule has 0 aromatic carbocycles. The van der Waals surface area contributed by atoms with Gasteiger partial charge in [-0.2, -0.15) is 0 Å². The van der Waals surface area contributed by atoms with Crippen LogP contribution in [0.25, 0.3) is 0 Å². The van der Waals surface area contributed by atoms with Gasteiger partial charge in [0.25, 0.3) is 0 Å². The molecule has 0 unspecified atom stereocenters. The van der Waals surface area contributed by atoms with E-state index in [-0.39, 0.29) is 0 Å². The average molecular weight is 248 g/mol. The van der Waals surface area contributed by atoms with Crippen molar-refractivity contribution < 1.29 is 4.79 Å². The second-order valence-electron chi connectivity index (χ2n) is 3.78. The molecule has 0 bridgehead atoms. The quantitative estimate of drug-likeness (QED) is 0.699. The Morgan fingerprint density at radius 2 is 2.08 bits per heavy atom. The van der Waals surface area contributed by atoms with Gasteiger partial charge in [0.1, 0.15) is 0 Å². The maximum Gasteiger partial charge on any atom is 0.225 e. The highest BCUT2D eigenvalue weighted by Crippen LogP contribution is 2.26. The molecule has 1 aliphatic rings. The molecule has 1 amide bonds. The molecule has 13 heavy (non-hydrogen) atoms. The Morgan fingerprint density at radius 3 is 2.62 bits per heavy atom. The maximum atomic E-state index is 11.8. The highest BCUT2D eigenvalue weighted by Gasteiger charge is 2.24. The smallest absolute Gasteiger partial charge is 0.225 e. The van der Waals surface area contributed by atoms with Crippen LogP contribution in [0.15, 0.2) is 0 Å². The molecule has 0 radical (unpaired) electrons. The van der Waals surface area contributed by atoms with Gasteiger partial charge in [0.2, 0.25) is 5.91 Å². The van der Waals surface area contributed by atoms with Gasteiger partial charge in [-0.05, 0) is 19.3 Å². The Morgan fingerprint density at radius 1 is 1.46 bits per heavy atom. The zero-order chi connectivity index (χ0) is 9.68. The normalized spacial score (nSPS) is 17.7. The first-order valence-electron chi connectivity index (χ1n) is 5.06. The van der Waals surface area contributed by atoms with Gasteiger partial charge < -0.3 is 4.90 Å². The summed E-state index contributed by atoms with van der Waals surface area (Å²) in [4.78, 5) is 13.6. The Labute approximate surface area is 88.8 Å². The highest BCUT2D eigenvalue weighted by molar-refractivity contribution is 9.09. The van der Waals surface area contributed by atoms with Crippen molar-refractivity contribution in [3.8, 4) is 0 Å². The third-order valence-corrected chi connectivity index (χ3v) is 3.27. The number of amides is 1. The SMILES string of the molecule is CN(CCCBr)C(=O)C1CCCC1. The summed E-state index contributed by atoms with van der Waals surface area (Å²) in [6.07, 6.45) is 5.75. The van der Waals surface area contributed by atoms with Crippen LogP contribution in [0.5, 0.6) is 0 Å². The number of hydrogen-bond donors (Lipinski definition) is 0. The molecule has 0 aliphatic heterocycles. The molecule has 0 spiro atoms. The van der Waals surface area contributed by atoms with Crippen molar-refractivity contribution in [1.29, 1.82) is 0 Å². The van der Waals surface area contributed by atoms with Crippen molar-refractivity contribution >= 4 is 21.8 Å². The van der Waals surface area contributed by atoms with E-state index in [0.717, 1.165) is 31.1 Å². The van der Waals surface area contributed by atoms with Crippen molar-refractivity contribution in [2.45, 2.75) is 32.1 Å². The Balaban J connectivity index is 2.28. The third kappa shape index (κ3) is 3.29. The lowest BCUT2D eigenvalue weighted by Crippen LogP contribution is -2.32. The van der Waals surface area contributed by atoms with E-state index in [1.54, 1.807) is 0 Å². The van der Waals surface area contributed by atoms with Crippen molar-refractivity contribution in [1.82, 2.24) is 4.90 Å². The zero-order valence-corrected chi connectivity index (χ0v) is 9.85. The fourth-order valence-corrected chi connectivity index (χ4v) is 2.14. The number of hydrogen-bond acceptors (Lipinski definition) is 1. The van der Waals surface area contributed by atoms with Crippen LogP contribution >= 0.6 is 15.9 Å². The van der Waals surface area contributed by atoms with E-state index in [2.05, 4.69) is 15.9 Å². The van der Waals surface area contributed by atoms with Crippen LogP contribution in [-0.4, -0.2) is 29.7 Å². The number of rotatable bonds is 4. The number of nitrogens with zero attached hydrogens (tertiary/aromatic N) is 1.